The molecule has 0 unspecified atom stereocenters. The third-order valence-electron chi connectivity index (χ3n) is 3.32. The Labute approximate surface area is 133 Å². The number of fused-ring (bicyclic) bond motifs is 1. The lowest BCUT2D eigenvalue weighted by Crippen LogP contribution is -1.93. The van der Waals surface area contributed by atoms with Crippen LogP contribution in [0.2, 0.25) is 5.02 Å². The largest absolute Gasteiger partial charge is 0.355 e. The number of nitrogens with one attached hydrogen (secondary N) is 1. The maximum absolute atomic E-state index is 6.01. The van der Waals surface area contributed by atoms with Crippen LogP contribution in [0.4, 0.5) is 11.4 Å². The molecule has 1 heterocycles. The molecule has 0 spiro atoms. The summed E-state index contributed by atoms with van der Waals surface area (Å²) in [6, 6.07) is 16.0. The number of aromatic nitrogens is 1. The van der Waals surface area contributed by atoms with E-state index in [9.17, 15) is 0 Å². The number of benzene rings is 2. The molecule has 3 rings (SSSR count). The molecule has 21 heavy (non-hydrogen) atoms. The van der Waals surface area contributed by atoms with Gasteiger partial charge in [-0.25, -0.2) is 0 Å². The second-order valence-corrected chi connectivity index (χ2v) is 5.60. The van der Waals surface area contributed by atoms with Gasteiger partial charge in [-0.3, -0.25) is 4.98 Å². The molecular formula is C17H14Cl2N2. The fraction of sp³-hybridized carbons (Fsp3) is 0.118. The molecule has 0 bridgehead atoms. The predicted octanol–water partition coefficient (Wildman–Crippen LogP) is 5.41. The number of pyridine rings is 1. The van der Waals surface area contributed by atoms with Gasteiger partial charge in [0.15, 0.2) is 0 Å². The first-order valence-corrected chi connectivity index (χ1v) is 7.64. The highest BCUT2D eigenvalue weighted by atomic mass is 35.5. The van der Waals surface area contributed by atoms with E-state index in [0.29, 0.717) is 10.9 Å². The van der Waals surface area contributed by atoms with Crippen LogP contribution in [-0.4, -0.2) is 10.9 Å². The predicted molar refractivity (Wildman–Crippen MR) is 90.9 cm³/mol. The normalized spacial score (nSPS) is 10.8. The number of alkyl halides is 1. The molecule has 0 saturated heterocycles. The average Bonchev–Trinajstić information content (AvgIpc) is 2.49. The van der Waals surface area contributed by atoms with E-state index in [4.69, 9.17) is 23.2 Å². The maximum Gasteiger partial charge on any atom is 0.0737 e. The van der Waals surface area contributed by atoms with E-state index >= 15 is 0 Å². The fourth-order valence-corrected chi connectivity index (χ4v) is 2.63. The van der Waals surface area contributed by atoms with Crippen molar-refractivity contribution in [2.45, 2.75) is 6.42 Å². The third-order valence-corrected chi connectivity index (χ3v) is 3.74. The number of nitrogens with zero attached hydrogens (tertiary/aromatic N) is 1. The lowest BCUT2D eigenvalue weighted by Gasteiger charge is -2.10. The molecule has 0 amide bonds. The van der Waals surface area contributed by atoms with Crippen LogP contribution in [-0.2, 0) is 6.42 Å². The van der Waals surface area contributed by atoms with E-state index < -0.39 is 0 Å². The Morgan fingerprint density at radius 3 is 2.57 bits per heavy atom. The standard InChI is InChI=1S/C17H14Cl2N2/c18-9-7-12-1-4-14(5-2-12)21-16-8-10-20-17-11-13(19)3-6-15(16)17/h1-6,8,10-11H,7,9H2,(H,20,21). The summed E-state index contributed by atoms with van der Waals surface area (Å²) in [5, 5.41) is 5.16. The van der Waals surface area contributed by atoms with Crippen molar-refractivity contribution in [3.8, 4) is 0 Å². The Morgan fingerprint density at radius 2 is 1.81 bits per heavy atom. The summed E-state index contributed by atoms with van der Waals surface area (Å²) in [6.45, 7) is 0. The molecule has 2 aromatic carbocycles. The van der Waals surface area contributed by atoms with E-state index in [1.807, 2.05) is 24.3 Å². The highest BCUT2D eigenvalue weighted by Crippen LogP contribution is 2.27. The second kappa shape index (κ2) is 6.33. The number of aryl methyl sites for hydroxylation is 1. The first-order valence-electron chi connectivity index (χ1n) is 6.72. The quantitative estimate of drug-likeness (QED) is 0.651. The first-order chi connectivity index (χ1) is 10.3. The number of rotatable bonds is 4. The van der Waals surface area contributed by atoms with Crippen molar-refractivity contribution < 1.29 is 0 Å². The van der Waals surface area contributed by atoms with Crippen molar-refractivity contribution in [3.63, 3.8) is 0 Å². The van der Waals surface area contributed by atoms with Crippen molar-refractivity contribution in [3.05, 3.63) is 65.3 Å². The summed E-state index contributed by atoms with van der Waals surface area (Å²) in [4.78, 5) is 4.34. The van der Waals surface area contributed by atoms with Crippen molar-refractivity contribution >= 4 is 45.5 Å². The molecular weight excluding hydrogens is 303 g/mol. The first kappa shape index (κ1) is 14.2. The summed E-state index contributed by atoms with van der Waals surface area (Å²) >= 11 is 11.8. The molecule has 0 aliphatic rings. The monoisotopic (exact) mass is 316 g/mol. The summed E-state index contributed by atoms with van der Waals surface area (Å²) in [7, 11) is 0. The van der Waals surface area contributed by atoms with E-state index in [-0.39, 0.29) is 0 Å². The van der Waals surface area contributed by atoms with Crippen molar-refractivity contribution in [2.75, 3.05) is 11.2 Å². The minimum absolute atomic E-state index is 0.641. The molecule has 0 radical (unpaired) electrons. The Morgan fingerprint density at radius 1 is 1.00 bits per heavy atom. The molecule has 3 aromatic rings. The van der Waals surface area contributed by atoms with Gasteiger partial charge in [0.2, 0.25) is 0 Å². The van der Waals surface area contributed by atoms with E-state index in [1.165, 1.54) is 5.56 Å². The van der Waals surface area contributed by atoms with Crippen molar-refractivity contribution in [1.29, 1.82) is 0 Å². The summed E-state index contributed by atoms with van der Waals surface area (Å²) < 4.78 is 0. The van der Waals surface area contributed by atoms with Gasteiger partial charge in [-0.15, -0.1) is 11.6 Å². The van der Waals surface area contributed by atoms with Gasteiger partial charge in [0.05, 0.1) is 5.52 Å². The van der Waals surface area contributed by atoms with Crippen LogP contribution >= 0.6 is 23.2 Å². The van der Waals surface area contributed by atoms with Gasteiger partial charge in [0.25, 0.3) is 0 Å². The number of hydrogen-bond donors (Lipinski definition) is 1. The lowest BCUT2D eigenvalue weighted by molar-refractivity contribution is 1.15. The molecule has 106 valence electrons. The van der Waals surface area contributed by atoms with E-state index in [0.717, 1.165) is 28.7 Å². The minimum atomic E-state index is 0.641. The number of anilines is 2. The van der Waals surface area contributed by atoms with Gasteiger partial charge in [-0.2, -0.15) is 0 Å². The van der Waals surface area contributed by atoms with Gasteiger partial charge < -0.3 is 5.32 Å². The smallest absolute Gasteiger partial charge is 0.0737 e. The van der Waals surface area contributed by atoms with Gasteiger partial charge in [-0.05, 0) is 48.4 Å². The minimum Gasteiger partial charge on any atom is -0.355 e. The highest BCUT2D eigenvalue weighted by Gasteiger charge is 2.03. The van der Waals surface area contributed by atoms with Crippen LogP contribution in [0.3, 0.4) is 0 Å². The Bertz CT molecular complexity index is 754. The van der Waals surface area contributed by atoms with Crippen LogP contribution in [0.15, 0.2) is 54.7 Å². The lowest BCUT2D eigenvalue weighted by atomic mass is 10.1. The van der Waals surface area contributed by atoms with Crippen LogP contribution in [0, 0.1) is 0 Å². The zero-order valence-corrected chi connectivity index (χ0v) is 12.8. The number of hydrogen-bond acceptors (Lipinski definition) is 2. The van der Waals surface area contributed by atoms with Crippen LogP contribution in [0.1, 0.15) is 5.56 Å². The van der Waals surface area contributed by atoms with E-state index in [2.05, 4.69) is 34.6 Å². The summed E-state index contributed by atoms with van der Waals surface area (Å²) in [5.74, 6) is 0.641. The van der Waals surface area contributed by atoms with Gasteiger partial charge in [0, 0.05) is 33.9 Å². The van der Waals surface area contributed by atoms with Crippen LogP contribution in [0.5, 0.6) is 0 Å². The Hall–Kier alpha value is -1.77. The van der Waals surface area contributed by atoms with Crippen LogP contribution in [0.25, 0.3) is 10.9 Å². The zero-order chi connectivity index (χ0) is 14.7. The second-order valence-electron chi connectivity index (χ2n) is 4.78. The zero-order valence-electron chi connectivity index (χ0n) is 11.3. The Kier molecular flexibility index (Phi) is 4.28. The van der Waals surface area contributed by atoms with Gasteiger partial charge in [-0.1, -0.05) is 23.7 Å². The van der Waals surface area contributed by atoms with Gasteiger partial charge in [0.1, 0.15) is 0 Å². The molecule has 0 saturated carbocycles. The van der Waals surface area contributed by atoms with Crippen LogP contribution < -0.4 is 5.32 Å². The fourth-order valence-electron chi connectivity index (χ4n) is 2.25. The molecule has 0 aliphatic carbocycles. The SMILES string of the molecule is ClCCc1ccc(Nc2ccnc3cc(Cl)ccc23)cc1. The van der Waals surface area contributed by atoms with Gasteiger partial charge >= 0.3 is 0 Å². The third kappa shape index (κ3) is 3.29. The summed E-state index contributed by atoms with van der Waals surface area (Å²) in [6.07, 6.45) is 2.67. The molecule has 2 nitrogen and oxygen atoms in total. The maximum atomic E-state index is 6.01. The summed E-state index contributed by atoms with van der Waals surface area (Å²) in [5.41, 5.74) is 4.17. The van der Waals surface area contributed by atoms with Crippen molar-refractivity contribution in [1.82, 2.24) is 4.98 Å². The molecule has 0 fully saturated rings. The Balaban J connectivity index is 1.90. The molecule has 4 heteroatoms. The highest BCUT2D eigenvalue weighted by molar-refractivity contribution is 6.31. The molecule has 0 aliphatic heterocycles. The molecule has 1 aromatic heterocycles. The average molecular weight is 317 g/mol. The number of halogens is 2. The molecule has 0 atom stereocenters. The van der Waals surface area contributed by atoms with Crippen molar-refractivity contribution in [2.24, 2.45) is 0 Å². The molecule has 1 N–H and O–H groups in total. The van der Waals surface area contributed by atoms with E-state index in [1.54, 1.807) is 6.20 Å². The topological polar surface area (TPSA) is 24.9 Å².